The van der Waals surface area contributed by atoms with E-state index in [4.69, 9.17) is 14.2 Å². The number of non-ortho nitro benzene ring substituents is 1. The Morgan fingerprint density at radius 1 is 1.12 bits per heavy atom. The number of hydrogen-bond acceptors (Lipinski definition) is 7. The number of rotatable bonds is 8. The zero-order valence-electron chi connectivity index (χ0n) is 18.1. The normalized spacial score (nSPS) is 14.0. The van der Waals surface area contributed by atoms with Gasteiger partial charge in [-0.15, -0.1) is 0 Å². The summed E-state index contributed by atoms with van der Waals surface area (Å²) in [6.07, 6.45) is 2.36. The molecular formula is C25H19IN2O6. The Labute approximate surface area is 209 Å². The topological polar surface area (TPSA) is 100 Å². The second kappa shape index (κ2) is 10.5. The first-order valence-electron chi connectivity index (χ1n) is 10.3. The van der Waals surface area contributed by atoms with Crippen LogP contribution in [-0.4, -0.2) is 30.5 Å². The Kier molecular flexibility index (Phi) is 7.21. The van der Waals surface area contributed by atoms with Gasteiger partial charge in [0.15, 0.2) is 17.2 Å². The van der Waals surface area contributed by atoms with Gasteiger partial charge in [-0.05, 0) is 64.1 Å². The summed E-state index contributed by atoms with van der Waals surface area (Å²) in [5, 5.41) is 10.8. The number of carbonyl (C=O) groups is 1. The second-order valence-electron chi connectivity index (χ2n) is 7.26. The minimum Gasteiger partial charge on any atom is -0.493 e. The molecule has 0 N–H and O–H groups in total. The van der Waals surface area contributed by atoms with E-state index in [-0.39, 0.29) is 17.3 Å². The molecule has 0 amide bonds. The summed E-state index contributed by atoms with van der Waals surface area (Å²) >= 11 is 2.16. The highest BCUT2D eigenvalue weighted by Crippen LogP contribution is 2.35. The van der Waals surface area contributed by atoms with Crippen LogP contribution < -0.4 is 9.47 Å². The van der Waals surface area contributed by atoms with Gasteiger partial charge in [0, 0.05) is 24.1 Å². The fraction of sp³-hybridized carbons (Fsp3) is 0.120. The number of cyclic esters (lactones) is 1. The van der Waals surface area contributed by atoms with Crippen LogP contribution in [0.25, 0.3) is 6.08 Å². The van der Waals surface area contributed by atoms with E-state index in [1.165, 1.54) is 29.8 Å². The Morgan fingerprint density at radius 2 is 1.85 bits per heavy atom. The van der Waals surface area contributed by atoms with Crippen LogP contribution >= 0.6 is 22.6 Å². The zero-order valence-corrected chi connectivity index (χ0v) is 20.2. The highest BCUT2D eigenvalue weighted by Gasteiger charge is 2.25. The van der Waals surface area contributed by atoms with Crippen molar-refractivity contribution in [2.45, 2.75) is 6.42 Å². The van der Waals surface area contributed by atoms with Crippen LogP contribution in [-0.2, 0) is 16.0 Å². The molecule has 0 bridgehead atoms. The lowest BCUT2D eigenvalue weighted by molar-refractivity contribution is -0.384. The molecule has 0 unspecified atom stereocenters. The molecule has 0 aromatic heterocycles. The van der Waals surface area contributed by atoms with Gasteiger partial charge in [0.1, 0.15) is 0 Å². The molecule has 9 heteroatoms. The number of nitrogens with zero attached hydrogens (tertiary/aromatic N) is 2. The molecule has 3 aromatic carbocycles. The summed E-state index contributed by atoms with van der Waals surface area (Å²) in [7, 11) is 1.56. The fourth-order valence-electron chi connectivity index (χ4n) is 3.30. The lowest BCUT2D eigenvalue weighted by atomic mass is 10.1. The third-order valence-electron chi connectivity index (χ3n) is 4.98. The van der Waals surface area contributed by atoms with Gasteiger partial charge < -0.3 is 14.2 Å². The van der Waals surface area contributed by atoms with Crippen molar-refractivity contribution >= 4 is 46.2 Å². The zero-order chi connectivity index (χ0) is 24.1. The van der Waals surface area contributed by atoms with Crippen LogP contribution in [0.3, 0.4) is 0 Å². The smallest absolute Gasteiger partial charge is 0.363 e. The second-order valence-corrected chi connectivity index (χ2v) is 8.42. The van der Waals surface area contributed by atoms with Crippen molar-refractivity contribution in [3.05, 3.63) is 103 Å². The lowest BCUT2D eigenvalue weighted by Gasteiger charge is -2.13. The van der Waals surface area contributed by atoms with Crippen LogP contribution in [0.1, 0.15) is 16.7 Å². The minimum absolute atomic E-state index is 0.0582. The molecule has 0 atom stereocenters. The van der Waals surface area contributed by atoms with Crippen LogP contribution in [0.15, 0.2) is 77.4 Å². The van der Waals surface area contributed by atoms with Crippen molar-refractivity contribution in [2.75, 3.05) is 13.7 Å². The molecule has 1 heterocycles. The van der Waals surface area contributed by atoms with Gasteiger partial charge in [0.2, 0.25) is 5.90 Å². The van der Waals surface area contributed by atoms with Gasteiger partial charge in [-0.1, -0.05) is 30.3 Å². The number of carbonyl (C=O) groups excluding carboxylic acids is 1. The van der Waals surface area contributed by atoms with Crippen molar-refractivity contribution in [3.63, 3.8) is 0 Å². The molecule has 34 heavy (non-hydrogen) atoms. The molecule has 0 saturated heterocycles. The number of nitro groups is 1. The third-order valence-corrected chi connectivity index (χ3v) is 5.78. The van der Waals surface area contributed by atoms with E-state index in [0.717, 1.165) is 9.99 Å². The van der Waals surface area contributed by atoms with Crippen LogP contribution in [0.4, 0.5) is 5.69 Å². The number of benzene rings is 3. The van der Waals surface area contributed by atoms with Crippen molar-refractivity contribution in [2.24, 2.45) is 4.99 Å². The van der Waals surface area contributed by atoms with E-state index in [9.17, 15) is 14.9 Å². The standard InChI is InChI=1S/C25H19IN2O6/c1-32-22-15-17(13-20(26)23(22)33-12-11-16-5-3-2-4-6-16)14-21-25(29)34-24(27-21)18-7-9-19(10-8-18)28(30)31/h2-10,13-15H,11-12H2,1H3/b21-14-. The molecule has 3 aromatic rings. The number of esters is 1. The van der Waals surface area contributed by atoms with Crippen molar-refractivity contribution < 1.29 is 23.9 Å². The maximum atomic E-state index is 12.3. The Balaban J connectivity index is 1.53. The molecule has 0 spiro atoms. The fourth-order valence-corrected chi connectivity index (χ4v) is 4.08. The van der Waals surface area contributed by atoms with Crippen molar-refractivity contribution in [3.8, 4) is 11.5 Å². The van der Waals surface area contributed by atoms with Gasteiger partial charge >= 0.3 is 5.97 Å². The monoisotopic (exact) mass is 570 g/mol. The first-order valence-corrected chi connectivity index (χ1v) is 11.3. The third kappa shape index (κ3) is 5.42. The summed E-state index contributed by atoms with van der Waals surface area (Å²) in [5.74, 6) is 0.655. The maximum Gasteiger partial charge on any atom is 0.363 e. The maximum absolute atomic E-state index is 12.3. The van der Waals surface area contributed by atoms with Crippen LogP contribution in [0.2, 0.25) is 0 Å². The van der Waals surface area contributed by atoms with Crippen molar-refractivity contribution in [1.29, 1.82) is 0 Å². The first kappa shape index (κ1) is 23.4. The average molecular weight is 570 g/mol. The molecular weight excluding hydrogens is 551 g/mol. The highest BCUT2D eigenvalue weighted by molar-refractivity contribution is 14.1. The van der Waals surface area contributed by atoms with Gasteiger partial charge in [0.05, 0.1) is 22.2 Å². The number of aliphatic imine (C=N–C) groups is 1. The van der Waals surface area contributed by atoms with E-state index in [2.05, 4.69) is 27.6 Å². The summed E-state index contributed by atoms with van der Waals surface area (Å²) < 4.78 is 17.6. The average Bonchev–Trinajstić information content (AvgIpc) is 3.20. The molecule has 4 rings (SSSR count). The van der Waals surface area contributed by atoms with Crippen molar-refractivity contribution in [1.82, 2.24) is 0 Å². The predicted molar refractivity (Wildman–Crippen MR) is 135 cm³/mol. The van der Waals surface area contributed by atoms with E-state index in [1.54, 1.807) is 19.3 Å². The molecule has 1 aliphatic heterocycles. The number of halogens is 1. The Morgan fingerprint density at radius 3 is 2.53 bits per heavy atom. The molecule has 1 aliphatic rings. The van der Waals surface area contributed by atoms with E-state index in [1.807, 2.05) is 36.4 Å². The quantitative estimate of drug-likeness (QED) is 0.122. The molecule has 0 radical (unpaired) electrons. The number of nitro benzene ring substituents is 1. The Bertz CT molecular complexity index is 1290. The van der Waals surface area contributed by atoms with Gasteiger partial charge in [0.25, 0.3) is 5.69 Å². The summed E-state index contributed by atoms with van der Waals surface area (Å²) in [6.45, 7) is 0.492. The lowest BCUT2D eigenvalue weighted by Crippen LogP contribution is -2.05. The SMILES string of the molecule is COc1cc(/C=C2\N=C(c3ccc([N+](=O)[O-])cc3)OC2=O)cc(I)c1OCCc1ccccc1. The van der Waals surface area contributed by atoms with Gasteiger partial charge in [-0.2, -0.15) is 0 Å². The molecule has 8 nitrogen and oxygen atoms in total. The van der Waals surface area contributed by atoms with E-state index < -0.39 is 10.9 Å². The minimum atomic E-state index is -0.606. The molecule has 0 fully saturated rings. The van der Waals surface area contributed by atoms with Crippen LogP contribution in [0.5, 0.6) is 11.5 Å². The number of methoxy groups -OCH3 is 1. The Hall–Kier alpha value is -3.73. The van der Waals surface area contributed by atoms with E-state index >= 15 is 0 Å². The van der Waals surface area contributed by atoms with E-state index in [0.29, 0.717) is 29.2 Å². The van der Waals surface area contributed by atoms with Gasteiger partial charge in [-0.25, -0.2) is 9.79 Å². The number of hydrogen-bond donors (Lipinski definition) is 0. The molecule has 0 aliphatic carbocycles. The largest absolute Gasteiger partial charge is 0.493 e. The highest BCUT2D eigenvalue weighted by atomic mass is 127. The number of ether oxygens (including phenoxy) is 3. The summed E-state index contributed by atoms with van der Waals surface area (Å²) in [5.41, 5.74) is 2.40. The first-order chi connectivity index (χ1) is 16.4. The molecule has 172 valence electrons. The van der Waals surface area contributed by atoms with Crippen LogP contribution in [0, 0.1) is 13.7 Å². The van der Waals surface area contributed by atoms with Gasteiger partial charge in [-0.3, -0.25) is 10.1 Å². The summed E-state index contributed by atoms with van der Waals surface area (Å²) in [4.78, 5) is 26.9. The molecule has 0 saturated carbocycles. The summed E-state index contributed by atoms with van der Waals surface area (Å²) in [6, 6.07) is 19.3. The predicted octanol–water partition coefficient (Wildman–Crippen LogP) is 5.17.